The fourth-order valence-corrected chi connectivity index (χ4v) is 4.05. The Morgan fingerprint density at radius 3 is 3.28 bits per heavy atom. The van der Waals surface area contributed by atoms with E-state index in [9.17, 15) is 0 Å². The Morgan fingerprint density at radius 2 is 2.44 bits per heavy atom. The van der Waals surface area contributed by atoms with E-state index in [1.807, 2.05) is 6.20 Å². The van der Waals surface area contributed by atoms with Crippen LogP contribution in [0.1, 0.15) is 26.2 Å². The zero-order chi connectivity index (χ0) is 12.5. The van der Waals surface area contributed by atoms with Crippen molar-refractivity contribution in [3.05, 3.63) is 23.7 Å². The second kappa shape index (κ2) is 5.17. The van der Waals surface area contributed by atoms with Crippen LogP contribution in [0, 0.1) is 0 Å². The van der Waals surface area contributed by atoms with Gasteiger partial charge in [0.2, 0.25) is 0 Å². The summed E-state index contributed by atoms with van der Waals surface area (Å²) in [6, 6.07) is 4.95. The molecular formula is C14H17BrN2S. The van der Waals surface area contributed by atoms with Gasteiger partial charge in [0.1, 0.15) is 5.82 Å². The molecule has 0 bridgehead atoms. The van der Waals surface area contributed by atoms with E-state index in [0.29, 0.717) is 10.9 Å². The third-order valence-electron chi connectivity index (χ3n) is 3.60. The number of hydrogen-bond donors (Lipinski definition) is 0. The largest absolute Gasteiger partial charge is 0.353 e. The Morgan fingerprint density at radius 1 is 1.56 bits per heavy atom. The summed E-state index contributed by atoms with van der Waals surface area (Å²) in [6.07, 6.45) is 5.72. The van der Waals surface area contributed by atoms with E-state index >= 15 is 0 Å². The van der Waals surface area contributed by atoms with Crippen LogP contribution < -0.4 is 4.90 Å². The summed E-state index contributed by atoms with van der Waals surface area (Å²) in [7, 11) is 0. The minimum Gasteiger partial charge on any atom is -0.353 e. The molecule has 1 fully saturated rings. The summed E-state index contributed by atoms with van der Waals surface area (Å²) < 4.78 is 1.34. The number of rotatable bonds is 3. The molecule has 1 aliphatic heterocycles. The van der Waals surface area contributed by atoms with Gasteiger partial charge in [0.25, 0.3) is 0 Å². The summed E-state index contributed by atoms with van der Waals surface area (Å²) in [5, 5.41) is 3.48. The molecule has 0 amide bonds. The smallest absolute Gasteiger partial charge is 0.137 e. The monoisotopic (exact) mass is 324 g/mol. The van der Waals surface area contributed by atoms with Crippen molar-refractivity contribution in [3.63, 3.8) is 0 Å². The molecule has 2 aromatic rings. The number of thiophene rings is 1. The molecule has 0 aliphatic carbocycles. The van der Waals surface area contributed by atoms with Crippen molar-refractivity contribution >= 4 is 43.2 Å². The second-order valence-corrected chi connectivity index (χ2v) is 7.48. The Kier molecular flexibility index (Phi) is 3.57. The van der Waals surface area contributed by atoms with Gasteiger partial charge in [-0.15, -0.1) is 11.3 Å². The van der Waals surface area contributed by atoms with Crippen molar-refractivity contribution < 1.29 is 0 Å². The van der Waals surface area contributed by atoms with E-state index in [1.165, 1.54) is 35.2 Å². The molecule has 1 aliphatic rings. The van der Waals surface area contributed by atoms with E-state index in [2.05, 4.69) is 50.3 Å². The summed E-state index contributed by atoms with van der Waals surface area (Å²) >= 11 is 5.48. The average Bonchev–Trinajstić information content (AvgIpc) is 2.95. The molecule has 3 heterocycles. The van der Waals surface area contributed by atoms with Crippen LogP contribution in [0.5, 0.6) is 0 Å². The van der Waals surface area contributed by atoms with E-state index in [1.54, 1.807) is 11.3 Å². The molecule has 3 rings (SSSR count). The quantitative estimate of drug-likeness (QED) is 0.776. The van der Waals surface area contributed by atoms with Gasteiger partial charge in [-0.25, -0.2) is 4.98 Å². The van der Waals surface area contributed by atoms with Crippen molar-refractivity contribution in [3.8, 4) is 0 Å². The van der Waals surface area contributed by atoms with Crippen LogP contribution in [0.15, 0.2) is 23.7 Å². The van der Waals surface area contributed by atoms with Gasteiger partial charge < -0.3 is 4.90 Å². The van der Waals surface area contributed by atoms with E-state index in [4.69, 9.17) is 0 Å². The zero-order valence-corrected chi connectivity index (χ0v) is 12.9. The van der Waals surface area contributed by atoms with Crippen molar-refractivity contribution in [2.45, 2.75) is 37.1 Å². The number of hydrogen-bond acceptors (Lipinski definition) is 3. The standard InChI is InChI=1S/C14H17BrN2S/c1-10(15)9-11-3-2-7-17(11)14-12-5-8-18-13(12)4-6-16-14/h4-6,8,10-11H,2-3,7,9H2,1H3. The van der Waals surface area contributed by atoms with Gasteiger partial charge in [-0.3, -0.25) is 0 Å². The highest BCUT2D eigenvalue weighted by Crippen LogP contribution is 2.34. The molecule has 2 unspecified atom stereocenters. The average molecular weight is 325 g/mol. The predicted octanol–water partition coefficient (Wildman–Crippen LogP) is 4.44. The number of aromatic nitrogens is 1. The highest BCUT2D eigenvalue weighted by molar-refractivity contribution is 9.09. The first-order chi connectivity index (χ1) is 8.75. The van der Waals surface area contributed by atoms with E-state index in [0.717, 1.165) is 6.54 Å². The van der Waals surface area contributed by atoms with Gasteiger partial charge >= 0.3 is 0 Å². The van der Waals surface area contributed by atoms with Crippen molar-refractivity contribution in [1.82, 2.24) is 4.98 Å². The van der Waals surface area contributed by atoms with Crippen LogP contribution in [0.3, 0.4) is 0 Å². The van der Waals surface area contributed by atoms with Gasteiger partial charge in [-0.05, 0) is 36.8 Å². The second-order valence-electron chi connectivity index (χ2n) is 4.97. The molecule has 0 saturated carbocycles. The molecule has 4 heteroatoms. The first-order valence-electron chi connectivity index (χ1n) is 6.48. The first-order valence-corrected chi connectivity index (χ1v) is 8.28. The lowest BCUT2D eigenvalue weighted by Crippen LogP contribution is -2.31. The third-order valence-corrected chi connectivity index (χ3v) is 4.86. The van der Waals surface area contributed by atoms with Crippen LogP contribution in [-0.2, 0) is 0 Å². The van der Waals surface area contributed by atoms with Crippen LogP contribution >= 0.6 is 27.3 Å². The first kappa shape index (κ1) is 12.4. The number of anilines is 1. The highest BCUT2D eigenvalue weighted by Gasteiger charge is 2.27. The third kappa shape index (κ3) is 2.28. The molecule has 0 spiro atoms. The predicted molar refractivity (Wildman–Crippen MR) is 83.0 cm³/mol. The molecule has 2 atom stereocenters. The molecule has 0 radical (unpaired) electrons. The Balaban J connectivity index is 1.95. The lowest BCUT2D eigenvalue weighted by atomic mass is 10.1. The maximum atomic E-state index is 4.64. The fourth-order valence-electron chi connectivity index (χ4n) is 2.84. The summed E-state index contributed by atoms with van der Waals surface area (Å²) in [5.74, 6) is 1.18. The molecule has 1 saturated heterocycles. The van der Waals surface area contributed by atoms with Crippen LogP contribution in [-0.4, -0.2) is 22.4 Å². The van der Waals surface area contributed by atoms with Gasteiger partial charge in [-0.1, -0.05) is 22.9 Å². The highest BCUT2D eigenvalue weighted by atomic mass is 79.9. The van der Waals surface area contributed by atoms with Gasteiger partial charge in [0.15, 0.2) is 0 Å². The van der Waals surface area contributed by atoms with E-state index in [-0.39, 0.29) is 0 Å². The Bertz CT molecular complexity index is 537. The topological polar surface area (TPSA) is 16.1 Å². The SMILES string of the molecule is CC(Br)CC1CCCN1c1nccc2sccc12. The molecule has 2 nitrogen and oxygen atoms in total. The van der Waals surface area contributed by atoms with E-state index < -0.39 is 0 Å². The molecular weight excluding hydrogens is 308 g/mol. The Labute approximate surface area is 120 Å². The zero-order valence-electron chi connectivity index (χ0n) is 10.5. The minimum absolute atomic E-state index is 0.574. The van der Waals surface area contributed by atoms with Crippen molar-refractivity contribution in [2.24, 2.45) is 0 Å². The minimum atomic E-state index is 0.574. The number of fused-ring (bicyclic) bond motifs is 1. The Hall–Kier alpha value is -0.610. The fraction of sp³-hybridized carbons (Fsp3) is 0.500. The number of alkyl halides is 1. The molecule has 96 valence electrons. The van der Waals surface area contributed by atoms with Crippen molar-refractivity contribution in [1.29, 1.82) is 0 Å². The maximum Gasteiger partial charge on any atom is 0.137 e. The number of nitrogens with zero attached hydrogens (tertiary/aromatic N) is 2. The molecule has 0 aromatic carbocycles. The lowest BCUT2D eigenvalue weighted by Gasteiger charge is -2.27. The number of pyridine rings is 1. The number of halogens is 1. The lowest BCUT2D eigenvalue weighted by molar-refractivity contribution is 0.609. The normalized spacial score (nSPS) is 21.7. The van der Waals surface area contributed by atoms with Crippen LogP contribution in [0.4, 0.5) is 5.82 Å². The van der Waals surface area contributed by atoms with Gasteiger partial charge in [0, 0.05) is 33.7 Å². The van der Waals surface area contributed by atoms with Crippen LogP contribution in [0.2, 0.25) is 0 Å². The summed E-state index contributed by atoms with van der Waals surface area (Å²) in [4.78, 5) is 7.72. The maximum absolute atomic E-state index is 4.64. The van der Waals surface area contributed by atoms with Gasteiger partial charge in [-0.2, -0.15) is 0 Å². The summed E-state index contributed by atoms with van der Waals surface area (Å²) in [5.41, 5.74) is 0. The van der Waals surface area contributed by atoms with Crippen molar-refractivity contribution in [2.75, 3.05) is 11.4 Å². The summed E-state index contributed by atoms with van der Waals surface area (Å²) in [6.45, 7) is 3.38. The van der Waals surface area contributed by atoms with Crippen LogP contribution in [0.25, 0.3) is 10.1 Å². The molecule has 0 N–H and O–H groups in total. The molecule has 18 heavy (non-hydrogen) atoms. The molecule has 2 aromatic heterocycles. The van der Waals surface area contributed by atoms with Gasteiger partial charge in [0.05, 0.1) is 0 Å².